The number of carbonyl (C=O) groups excluding carboxylic acids is 4. The number of carbonyl (C=O) groups is 4. The third-order valence-electron chi connectivity index (χ3n) is 11.7. The zero-order chi connectivity index (χ0) is 39.4. The summed E-state index contributed by atoms with van der Waals surface area (Å²) >= 11 is 0. The van der Waals surface area contributed by atoms with E-state index in [9.17, 15) is 27.6 Å². The van der Waals surface area contributed by atoms with Crippen LogP contribution >= 0.6 is 0 Å². The first-order chi connectivity index (χ1) is 26.8. The lowest BCUT2D eigenvalue weighted by Gasteiger charge is -2.34. The van der Waals surface area contributed by atoms with Crippen molar-refractivity contribution in [3.63, 3.8) is 0 Å². The number of aromatic nitrogens is 1. The number of hydrogen-bond donors (Lipinski definition) is 3. The molecular formula is C38H45F2N5O10S. The summed E-state index contributed by atoms with van der Waals surface area (Å²) in [5.41, 5.74) is -1.69. The predicted molar refractivity (Wildman–Crippen MR) is 194 cm³/mol. The number of alkyl carbamates (subject to hydrolysis) is 1. The summed E-state index contributed by atoms with van der Waals surface area (Å²) in [6.07, 6.45) is 1.26. The van der Waals surface area contributed by atoms with Gasteiger partial charge >= 0.3 is 6.09 Å². The molecule has 2 bridgehead atoms. The summed E-state index contributed by atoms with van der Waals surface area (Å²) in [4.78, 5) is 61.7. The number of benzene rings is 1. The van der Waals surface area contributed by atoms with Gasteiger partial charge < -0.3 is 34.5 Å². The Kier molecular flexibility index (Phi) is 10.2. The number of nitrogens with one attached hydrogen (secondary N) is 3. The Morgan fingerprint density at radius 3 is 2.55 bits per heavy atom. The highest BCUT2D eigenvalue weighted by Crippen LogP contribution is 2.47. The lowest BCUT2D eigenvalue weighted by Crippen LogP contribution is -2.59. The summed E-state index contributed by atoms with van der Waals surface area (Å²) in [7, 11) is -3.94. The Labute approximate surface area is 322 Å². The number of ether oxygens (including phenoxy) is 4. The number of fused-ring (bicyclic) bond motifs is 5. The minimum atomic E-state index is -3.94. The van der Waals surface area contributed by atoms with Gasteiger partial charge in [0.15, 0.2) is 0 Å². The molecule has 302 valence electrons. The second kappa shape index (κ2) is 14.8. The maximum Gasteiger partial charge on any atom is 0.408 e. The highest BCUT2D eigenvalue weighted by Gasteiger charge is 2.62. The summed E-state index contributed by atoms with van der Waals surface area (Å²) < 4.78 is 82.7. The van der Waals surface area contributed by atoms with E-state index in [0.29, 0.717) is 68.7 Å². The molecule has 8 rings (SSSR count). The standard InChI is InChI=1S/C38H45F2N5O10S/c1-2-23-19-37(23,35(48)44-56(50,51)25-8-9-25)43-32(46)28-17-24-20-45(28)34(47)31(21-10-14-52-15-11-21)42-36(49)55-30-18-29(30)53-13-5-12-38(39,40)26-16-22-6-3-4-7-27(22)41-33(26)54-24/h3-7,12,16,21,23-25,28-31H,2,8-11,13-15,17-20H2,1H3,(H,42,49)(H,43,46)(H,44,48)/b12-5+/t23-,24?,28+,29?,30?,31+,37?/m1/s1. The smallest absolute Gasteiger partial charge is 0.408 e. The molecule has 4 amide bonds. The van der Waals surface area contributed by atoms with Crippen molar-refractivity contribution in [3.8, 4) is 5.88 Å². The van der Waals surface area contributed by atoms with Gasteiger partial charge in [-0.1, -0.05) is 37.6 Å². The molecule has 4 heterocycles. The van der Waals surface area contributed by atoms with E-state index in [4.69, 9.17) is 18.9 Å². The molecule has 15 nitrogen and oxygen atoms in total. The highest BCUT2D eigenvalue weighted by molar-refractivity contribution is 7.91. The second-order valence-corrected chi connectivity index (χ2v) is 17.6. The van der Waals surface area contributed by atoms with Gasteiger partial charge in [0.25, 0.3) is 11.8 Å². The van der Waals surface area contributed by atoms with Crippen molar-refractivity contribution in [2.24, 2.45) is 11.8 Å². The van der Waals surface area contributed by atoms with Crippen molar-refractivity contribution in [3.05, 3.63) is 48.0 Å². The average Bonchev–Trinajstić information content (AvgIpc) is 4.11. The first kappa shape index (κ1) is 38.5. The van der Waals surface area contributed by atoms with Crippen molar-refractivity contribution in [1.82, 2.24) is 25.2 Å². The fourth-order valence-corrected chi connectivity index (χ4v) is 9.44. The van der Waals surface area contributed by atoms with Gasteiger partial charge in [0.1, 0.15) is 29.8 Å². The summed E-state index contributed by atoms with van der Waals surface area (Å²) in [5, 5.41) is 5.29. The second-order valence-electron chi connectivity index (χ2n) is 15.6. The van der Waals surface area contributed by atoms with E-state index in [-0.39, 0.29) is 31.9 Å². The molecule has 18 heteroatoms. The summed E-state index contributed by atoms with van der Waals surface area (Å²) in [5.74, 6) is -6.99. The van der Waals surface area contributed by atoms with Crippen LogP contribution in [0.3, 0.4) is 0 Å². The number of amides is 4. The summed E-state index contributed by atoms with van der Waals surface area (Å²) in [6.45, 7) is 2.04. The Hall–Kier alpha value is -4.42. The third kappa shape index (κ3) is 7.79. The van der Waals surface area contributed by atoms with E-state index in [1.165, 1.54) is 17.0 Å². The minimum absolute atomic E-state index is 0.179. The van der Waals surface area contributed by atoms with E-state index in [2.05, 4.69) is 20.3 Å². The fourth-order valence-electron chi connectivity index (χ4n) is 8.08. The molecule has 5 fully saturated rings. The third-order valence-corrected chi connectivity index (χ3v) is 13.5. The number of pyridine rings is 1. The SMILES string of the molecule is CC[C@@H]1CC1(NC(=O)[C@@H]1CC2CN1C(=O)[C@H](C1CCOCC1)NC(=O)OC1CC1OC/C=C/C(F)(F)c1cc3ccccc3nc1O2)C(=O)NS(=O)(=O)C1CC1. The van der Waals surface area contributed by atoms with Crippen LogP contribution in [0.25, 0.3) is 10.9 Å². The largest absolute Gasteiger partial charge is 0.472 e. The van der Waals surface area contributed by atoms with Gasteiger partial charge in [-0.2, -0.15) is 8.78 Å². The van der Waals surface area contributed by atoms with Gasteiger partial charge in [0.2, 0.25) is 27.7 Å². The number of allylic oxidation sites excluding steroid dienone is 1. The van der Waals surface area contributed by atoms with E-state index >= 15 is 8.78 Å². The maximum absolute atomic E-state index is 16.0. The van der Waals surface area contributed by atoms with Gasteiger partial charge in [-0.25, -0.2) is 18.2 Å². The van der Waals surface area contributed by atoms with Crippen molar-refractivity contribution < 1.29 is 55.3 Å². The number of para-hydroxylation sites is 1. The van der Waals surface area contributed by atoms with E-state index < -0.39 is 98.3 Å². The molecule has 2 aromatic rings. The van der Waals surface area contributed by atoms with Gasteiger partial charge in [-0.15, -0.1) is 0 Å². The van der Waals surface area contributed by atoms with E-state index in [1.807, 2.05) is 6.92 Å². The molecule has 1 aromatic carbocycles. The first-order valence-corrected chi connectivity index (χ1v) is 20.8. The van der Waals surface area contributed by atoms with Crippen LogP contribution in [0.5, 0.6) is 5.88 Å². The molecule has 2 saturated heterocycles. The molecule has 6 aliphatic rings. The lowest BCUT2D eigenvalue weighted by atomic mass is 9.90. The molecule has 4 unspecified atom stereocenters. The molecule has 3 N–H and O–H groups in total. The van der Waals surface area contributed by atoms with Crippen LogP contribution < -0.4 is 20.1 Å². The van der Waals surface area contributed by atoms with Gasteiger partial charge in [-0.3, -0.25) is 19.1 Å². The first-order valence-electron chi connectivity index (χ1n) is 19.3. The lowest BCUT2D eigenvalue weighted by molar-refractivity contribution is -0.142. The number of hydrogen-bond acceptors (Lipinski definition) is 11. The van der Waals surface area contributed by atoms with Crippen molar-refractivity contribution in [1.29, 1.82) is 0 Å². The molecule has 1 aromatic heterocycles. The Bertz CT molecular complexity index is 2040. The van der Waals surface area contributed by atoms with Crippen LogP contribution in [0.2, 0.25) is 0 Å². The van der Waals surface area contributed by atoms with Gasteiger partial charge in [-0.05, 0) is 62.1 Å². The summed E-state index contributed by atoms with van der Waals surface area (Å²) in [6, 6.07) is 5.53. The molecule has 0 radical (unpaired) electrons. The van der Waals surface area contributed by atoms with Crippen LogP contribution in [0.4, 0.5) is 13.6 Å². The van der Waals surface area contributed by atoms with Crippen LogP contribution in [0, 0.1) is 11.8 Å². The number of sulfonamides is 1. The highest BCUT2D eigenvalue weighted by atomic mass is 32.2. The topological polar surface area (TPSA) is 192 Å². The molecule has 3 saturated carbocycles. The predicted octanol–water partition coefficient (Wildman–Crippen LogP) is 2.82. The molecule has 56 heavy (non-hydrogen) atoms. The molecular weight excluding hydrogens is 757 g/mol. The van der Waals surface area contributed by atoms with Crippen molar-refractivity contribution >= 4 is 44.7 Å². The Morgan fingerprint density at radius 2 is 1.82 bits per heavy atom. The van der Waals surface area contributed by atoms with E-state index in [1.54, 1.807) is 24.3 Å². The minimum Gasteiger partial charge on any atom is -0.472 e. The zero-order valence-electron chi connectivity index (χ0n) is 30.8. The molecule has 7 atom stereocenters. The zero-order valence-corrected chi connectivity index (χ0v) is 31.6. The number of alkyl halides is 2. The van der Waals surface area contributed by atoms with Crippen LogP contribution in [-0.2, 0) is 44.5 Å². The van der Waals surface area contributed by atoms with Crippen LogP contribution in [0.15, 0.2) is 42.5 Å². The van der Waals surface area contributed by atoms with Gasteiger partial charge in [0.05, 0.1) is 35.6 Å². The van der Waals surface area contributed by atoms with E-state index in [0.717, 1.165) is 0 Å². The Morgan fingerprint density at radius 1 is 1.05 bits per heavy atom. The van der Waals surface area contributed by atoms with Crippen LogP contribution in [0.1, 0.15) is 63.9 Å². The number of rotatable bonds is 7. The fraction of sp³-hybridized carbons (Fsp3) is 0.605. The number of nitrogens with zero attached hydrogens (tertiary/aromatic N) is 2. The molecule has 3 aliphatic carbocycles. The van der Waals surface area contributed by atoms with Crippen molar-refractivity contribution in [2.45, 2.75) is 105 Å². The maximum atomic E-state index is 16.0. The van der Waals surface area contributed by atoms with Crippen molar-refractivity contribution in [2.75, 3.05) is 26.4 Å². The normalized spacial score (nSPS) is 32.7. The quantitative estimate of drug-likeness (QED) is 0.349. The Balaban J connectivity index is 1.15. The molecule has 0 spiro atoms. The molecule has 3 aliphatic heterocycles. The van der Waals surface area contributed by atoms with Crippen LogP contribution in [-0.4, -0.2) is 110 Å². The number of halogens is 2. The monoisotopic (exact) mass is 801 g/mol. The average molecular weight is 802 g/mol. The van der Waals surface area contributed by atoms with Gasteiger partial charge in [0, 0.05) is 31.4 Å².